The summed E-state index contributed by atoms with van der Waals surface area (Å²) in [5, 5.41) is 15.5. The molecule has 1 aliphatic rings. The Morgan fingerprint density at radius 2 is 2.04 bits per heavy atom. The number of piperazine rings is 1. The van der Waals surface area contributed by atoms with E-state index in [-0.39, 0.29) is 17.2 Å². The van der Waals surface area contributed by atoms with E-state index in [0.717, 1.165) is 6.20 Å². The van der Waals surface area contributed by atoms with Crippen LogP contribution in [0.1, 0.15) is 23.0 Å². The first kappa shape index (κ1) is 19.2. The Labute approximate surface area is 160 Å². The number of hydrogen-bond acceptors (Lipinski definition) is 5. The maximum atomic E-state index is 14.0. The second kappa shape index (κ2) is 8.01. The first-order valence-corrected chi connectivity index (χ1v) is 8.94. The van der Waals surface area contributed by atoms with Crippen LogP contribution in [-0.2, 0) is 13.1 Å². The molecule has 0 radical (unpaired) electrons. The Hall–Kier alpha value is -2.52. The van der Waals surface area contributed by atoms with E-state index in [9.17, 15) is 19.3 Å². The third-order valence-corrected chi connectivity index (χ3v) is 4.98. The van der Waals surface area contributed by atoms with Crippen molar-refractivity contribution >= 4 is 23.2 Å². The monoisotopic (exact) mass is 395 g/mol. The maximum Gasteiger partial charge on any atom is 0.320 e. The summed E-state index contributed by atoms with van der Waals surface area (Å²) in [5.74, 6) is -0.770. The lowest BCUT2D eigenvalue weighted by Crippen LogP contribution is -2.48. The minimum absolute atomic E-state index is 0.00639. The van der Waals surface area contributed by atoms with Crippen LogP contribution in [0.4, 0.5) is 10.1 Å². The van der Waals surface area contributed by atoms with Crippen molar-refractivity contribution < 1.29 is 14.1 Å². The molecule has 0 N–H and O–H groups in total. The van der Waals surface area contributed by atoms with E-state index in [4.69, 9.17) is 11.6 Å². The Morgan fingerprint density at radius 3 is 2.63 bits per heavy atom. The average Bonchev–Trinajstić information content (AvgIpc) is 3.09. The number of nitrogens with zero attached hydrogens (tertiary/aromatic N) is 5. The van der Waals surface area contributed by atoms with Crippen molar-refractivity contribution in [3.63, 3.8) is 0 Å². The number of aromatic nitrogens is 2. The molecule has 10 heteroatoms. The van der Waals surface area contributed by atoms with Crippen LogP contribution in [0.25, 0.3) is 0 Å². The highest BCUT2D eigenvalue weighted by Gasteiger charge is 2.32. The molecule has 0 atom stereocenters. The van der Waals surface area contributed by atoms with Gasteiger partial charge in [-0.25, -0.2) is 4.39 Å². The minimum Gasteiger partial charge on any atom is -0.335 e. The predicted molar refractivity (Wildman–Crippen MR) is 97.1 cm³/mol. The lowest BCUT2D eigenvalue weighted by molar-refractivity contribution is -0.385. The molecular formula is C17H19ClFN5O3. The van der Waals surface area contributed by atoms with Crippen LogP contribution in [0.5, 0.6) is 0 Å². The van der Waals surface area contributed by atoms with Gasteiger partial charge in [0.2, 0.25) is 5.69 Å². The summed E-state index contributed by atoms with van der Waals surface area (Å²) in [4.78, 5) is 27.0. The molecule has 8 nitrogen and oxygen atoms in total. The predicted octanol–water partition coefficient (Wildman–Crippen LogP) is 2.56. The SMILES string of the molecule is CCn1ncc([N+](=O)[O-])c1C(=O)N1CCN(Cc2c(F)cccc2Cl)CC1. The molecule has 144 valence electrons. The van der Waals surface area contributed by atoms with Gasteiger partial charge in [0.1, 0.15) is 12.0 Å². The summed E-state index contributed by atoms with van der Waals surface area (Å²) in [6.07, 6.45) is 1.10. The quantitative estimate of drug-likeness (QED) is 0.573. The van der Waals surface area contributed by atoms with Gasteiger partial charge in [0.25, 0.3) is 5.91 Å². The second-order valence-corrected chi connectivity index (χ2v) is 6.63. The summed E-state index contributed by atoms with van der Waals surface area (Å²) in [6, 6.07) is 4.57. The third-order valence-electron chi connectivity index (χ3n) is 4.62. The molecule has 1 saturated heterocycles. The normalized spacial score (nSPS) is 15.1. The lowest BCUT2D eigenvalue weighted by Gasteiger charge is -2.34. The highest BCUT2D eigenvalue weighted by molar-refractivity contribution is 6.31. The molecular weight excluding hydrogens is 377 g/mol. The maximum absolute atomic E-state index is 14.0. The van der Waals surface area contributed by atoms with Crippen molar-refractivity contribution in [2.45, 2.75) is 20.0 Å². The standard InChI is InChI=1S/C17H19ClFN5O3/c1-2-23-16(15(10-20-23)24(26)27)17(25)22-8-6-21(7-9-22)11-12-13(18)4-3-5-14(12)19/h3-5,10H,2,6-9,11H2,1H3. The third kappa shape index (κ3) is 3.93. The van der Waals surface area contributed by atoms with Crippen LogP contribution < -0.4 is 0 Å². The number of benzene rings is 1. The summed E-state index contributed by atoms with van der Waals surface area (Å²) < 4.78 is 15.3. The molecule has 2 aromatic rings. The average molecular weight is 396 g/mol. The Balaban J connectivity index is 1.68. The van der Waals surface area contributed by atoms with E-state index >= 15 is 0 Å². The zero-order valence-electron chi connectivity index (χ0n) is 14.8. The molecule has 1 amide bonds. The summed E-state index contributed by atoms with van der Waals surface area (Å²) in [5.41, 5.74) is 0.133. The van der Waals surface area contributed by atoms with Gasteiger partial charge >= 0.3 is 5.69 Å². The van der Waals surface area contributed by atoms with E-state index in [1.807, 2.05) is 4.90 Å². The van der Waals surface area contributed by atoms with Crippen LogP contribution in [0.2, 0.25) is 5.02 Å². The molecule has 0 saturated carbocycles. The van der Waals surface area contributed by atoms with Gasteiger partial charge in [0, 0.05) is 49.9 Å². The van der Waals surface area contributed by atoms with Crippen molar-refractivity contribution in [1.82, 2.24) is 19.6 Å². The van der Waals surface area contributed by atoms with E-state index < -0.39 is 10.8 Å². The number of halogens is 2. The molecule has 0 unspecified atom stereocenters. The zero-order valence-corrected chi connectivity index (χ0v) is 15.5. The van der Waals surface area contributed by atoms with Crippen LogP contribution in [0, 0.1) is 15.9 Å². The summed E-state index contributed by atoms with van der Waals surface area (Å²) in [6.45, 7) is 4.29. The number of carbonyl (C=O) groups excluding carboxylic acids is 1. The highest BCUT2D eigenvalue weighted by atomic mass is 35.5. The van der Waals surface area contributed by atoms with E-state index in [0.29, 0.717) is 49.9 Å². The summed E-state index contributed by atoms with van der Waals surface area (Å²) in [7, 11) is 0. The highest BCUT2D eigenvalue weighted by Crippen LogP contribution is 2.23. The molecule has 2 heterocycles. The van der Waals surface area contributed by atoms with Gasteiger partial charge in [-0.2, -0.15) is 5.10 Å². The number of amides is 1. The van der Waals surface area contributed by atoms with Gasteiger partial charge < -0.3 is 4.90 Å². The van der Waals surface area contributed by atoms with Crippen LogP contribution in [-0.4, -0.2) is 56.6 Å². The number of nitro groups is 1. The molecule has 0 bridgehead atoms. The zero-order chi connectivity index (χ0) is 19.6. The molecule has 0 spiro atoms. The van der Waals surface area contributed by atoms with Crippen LogP contribution in [0.3, 0.4) is 0 Å². The van der Waals surface area contributed by atoms with Gasteiger partial charge in [-0.3, -0.25) is 24.5 Å². The molecule has 1 aromatic heterocycles. The molecule has 3 rings (SSSR count). The van der Waals surface area contributed by atoms with Gasteiger partial charge in [-0.15, -0.1) is 0 Å². The second-order valence-electron chi connectivity index (χ2n) is 6.22. The Bertz CT molecular complexity index is 844. The number of aryl methyl sites for hydroxylation is 1. The fourth-order valence-electron chi connectivity index (χ4n) is 3.13. The first-order valence-electron chi connectivity index (χ1n) is 8.57. The van der Waals surface area contributed by atoms with Crippen LogP contribution in [0.15, 0.2) is 24.4 Å². The molecule has 1 aliphatic heterocycles. The lowest BCUT2D eigenvalue weighted by atomic mass is 10.1. The van der Waals surface area contributed by atoms with E-state index in [1.54, 1.807) is 24.0 Å². The fraction of sp³-hybridized carbons (Fsp3) is 0.412. The number of hydrogen-bond donors (Lipinski definition) is 0. The van der Waals surface area contributed by atoms with Crippen molar-refractivity contribution in [2.75, 3.05) is 26.2 Å². The topological polar surface area (TPSA) is 84.5 Å². The molecule has 1 fully saturated rings. The van der Waals surface area contributed by atoms with Crippen molar-refractivity contribution in [3.8, 4) is 0 Å². The molecule has 27 heavy (non-hydrogen) atoms. The Morgan fingerprint density at radius 1 is 1.33 bits per heavy atom. The smallest absolute Gasteiger partial charge is 0.320 e. The van der Waals surface area contributed by atoms with E-state index in [1.165, 1.54) is 10.7 Å². The van der Waals surface area contributed by atoms with Gasteiger partial charge in [-0.1, -0.05) is 17.7 Å². The number of rotatable bonds is 5. The van der Waals surface area contributed by atoms with E-state index in [2.05, 4.69) is 5.10 Å². The van der Waals surface area contributed by atoms with Crippen LogP contribution >= 0.6 is 11.6 Å². The van der Waals surface area contributed by atoms with Crippen molar-refractivity contribution in [1.29, 1.82) is 0 Å². The molecule has 1 aromatic carbocycles. The van der Waals surface area contributed by atoms with Gasteiger partial charge in [0.05, 0.1) is 4.92 Å². The van der Waals surface area contributed by atoms with Crippen molar-refractivity contribution in [3.05, 3.63) is 56.6 Å². The summed E-state index contributed by atoms with van der Waals surface area (Å²) >= 11 is 6.07. The Kier molecular flexibility index (Phi) is 5.71. The van der Waals surface area contributed by atoms with Gasteiger partial charge in [-0.05, 0) is 19.1 Å². The van der Waals surface area contributed by atoms with Crippen molar-refractivity contribution in [2.24, 2.45) is 0 Å². The molecule has 0 aliphatic carbocycles. The first-order chi connectivity index (χ1) is 12.9. The minimum atomic E-state index is -0.594. The van der Waals surface area contributed by atoms with Gasteiger partial charge in [0.15, 0.2) is 0 Å². The fourth-order valence-corrected chi connectivity index (χ4v) is 3.36. The largest absolute Gasteiger partial charge is 0.335 e. The number of carbonyl (C=O) groups is 1.